The molecule has 126 valence electrons. The number of ether oxygens (including phenoxy) is 1. The molecule has 4 nitrogen and oxygen atoms in total. The molecule has 7 heteroatoms. The molecule has 1 fully saturated rings. The number of esters is 1. The second kappa shape index (κ2) is 6.60. The predicted molar refractivity (Wildman–Crippen MR) is 77.7 cm³/mol. The average Bonchev–Trinajstić information content (AvgIpc) is 2.83. The van der Waals surface area contributed by atoms with Crippen molar-refractivity contribution in [3.8, 4) is 0 Å². The quantitative estimate of drug-likeness (QED) is 0.629. The van der Waals surface area contributed by atoms with Crippen LogP contribution in [-0.2, 0) is 20.5 Å². The topological polar surface area (TPSA) is 46.6 Å². The molecule has 1 amide bonds. The van der Waals surface area contributed by atoms with Crippen molar-refractivity contribution < 1.29 is 27.5 Å². The molecule has 0 N–H and O–H groups in total. The van der Waals surface area contributed by atoms with Gasteiger partial charge in [0.05, 0.1) is 12.2 Å². The van der Waals surface area contributed by atoms with E-state index in [2.05, 4.69) is 0 Å². The molecule has 23 heavy (non-hydrogen) atoms. The van der Waals surface area contributed by atoms with Crippen LogP contribution >= 0.6 is 0 Å². The van der Waals surface area contributed by atoms with Crippen molar-refractivity contribution in [2.24, 2.45) is 11.8 Å². The van der Waals surface area contributed by atoms with E-state index in [0.717, 1.165) is 12.1 Å². The van der Waals surface area contributed by atoms with Crippen LogP contribution in [0.2, 0.25) is 0 Å². The van der Waals surface area contributed by atoms with Crippen molar-refractivity contribution in [1.82, 2.24) is 0 Å². The summed E-state index contributed by atoms with van der Waals surface area (Å²) in [6, 6.07) is 4.37. The van der Waals surface area contributed by atoms with Gasteiger partial charge in [0.1, 0.15) is 5.92 Å². The normalized spacial score (nSPS) is 21.6. The molecule has 0 bridgehead atoms. The number of carbonyl (C=O) groups excluding carboxylic acids is 2. The molecule has 1 aliphatic rings. The fraction of sp³-hybridized carbons (Fsp3) is 0.500. The Labute approximate surface area is 132 Å². The highest BCUT2D eigenvalue weighted by Gasteiger charge is 2.45. The van der Waals surface area contributed by atoms with Crippen LogP contribution in [0.5, 0.6) is 0 Å². The van der Waals surface area contributed by atoms with Gasteiger partial charge in [-0.25, -0.2) is 0 Å². The Morgan fingerprint density at radius 3 is 2.35 bits per heavy atom. The van der Waals surface area contributed by atoms with E-state index in [0.29, 0.717) is 18.7 Å². The third-order valence-electron chi connectivity index (χ3n) is 3.99. The monoisotopic (exact) mass is 329 g/mol. The van der Waals surface area contributed by atoms with Crippen molar-refractivity contribution in [1.29, 1.82) is 0 Å². The van der Waals surface area contributed by atoms with Crippen molar-refractivity contribution in [3.05, 3.63) is 29.8 Å². The van der Waals surface area contributed by atoms with E-state index in [4.69, 9.17) is 4.74 Å². The molecule has 2 rings (SSSR count). The lowest BCUT2D eigenvalue weighted by Crippen LogP contribution is -2.32. The molecule has 1 aliphatic heterocycles. The highest BCUT2D eigenvalue weighted by Crippen LogP contribution is 2.35. The second-order valence-electron chi connectivity index (χ2n) is 5.39. The molecule has 2 unspecified atom stereocenters. The van der Waals surface area contributed by atoms with Crippen LogP contribution < -0.4 is 4.90 Å². The van der Waals surface area contributed by atoms with E-state index in [1.807, 2.05) is 6.92 Å². The van der Waals surface area contributed by atoms with Crippen LogP contribution in [0.15, 0.2) is 24.3 Å². The van der Waals surface area contributed by atoms with Gasteiger partial charge >= 0.3 is 12.1 Å². The number of amides is 1. The van der Waals surface area contributed by atoms with Gasteiger partial charge in [-0.1, -0.05) is 13.3 Å². The molecule has 1 aromatic rings. The molecule has 1 aromatic carbocycles. The minimum absolute atomic E-state index is 0.180. The van der Waals surface area contributed by atoms with Gasteiger partial charge in [0.15, 0.2) is 0 Å². The summed E-state index contributed by atoms with van der Waals surface area (Å²) in [7, 11) is 0. The zero-order chi connectivity index (χ0) is 17.2. The van der Waals surface area contributed by atoms with E-state index in [9.17, 15) is 22.8 Å². The summed E-state index contributed by atoms with van der Waals surface area (Å²) < 4.78 is 42.7. The number of hydrogen-bond donors (Lipinski definition) is 0. The van der Waals surface area contributed by atoms with Crippen LogP contribution in [0.3, 0.4) is 0 Å². The van der Waals surface area contributed by atoms with Crippen LogP contribution in [0, 0.1) is 11.8 Å². The van der Waals surface area contributed by atoms with Gasteiger partial charge < -0.3 is 9.64 Å². The van der Waals surface area contributed by atoms with E-state index >= 15 is 0 Å². The summed E-state index contributed by atoms with van der Waals surface area (Å²) in [5.41, 5.74) is -0.421. The first-order valence-electron chi connectivity index (χ1n) is 7.44. The van der Waals surface area contributed by atoms with Gasteiger partial charge in [0.25, 0.3) is 0 Å². The molecule has 0 spiro atoms. The average molecular weight is 329 g/mol. The largest absolute Gasteiger partial charge is 0.465 e. The lowest BCUT2D eigenvalue weighted by Gasteiger charge is -2.17. The third kappa shape index (κ3) is 3.48. The molecule has 2 atom stereocenters. The number of alkyl halides is 3. The van der Waals surface area contributed by atoms with Crippen molar-refractivity contribution in [2.75, 3.05) is 18.1 Å². The molecule has 1 heterocycles. The van der Waals surface area contributed by atoms with Crippen LogP contribution in [0.4, 0.5) is 18.9 Å². The molecule has 0 radical (unpaired) electrons. The van der Waals surface area contributed by atoms with Crippen molar-refractivity contribution >= 4 is 17.6 Å². The zero-order valence-electron chi connectivity index (χ0n) is 12.9. The summed E-state index contributed by atoms with van der Waals surface area (Å²) >= 11 is 0. The summed E-state index contributed by atoms with van der Waals surface area (Å²) in [5.74, 6) is -2.08. The minimum atomic E-state index is -4.42. The van der Waals surface area contributed by atoms with Gasteiger partial charge in [-0.3, -0.25) is 9.59 Å². The fourth-order valence-corrected chi connectivity index (χ4v) is 2.75. The van der Waals surface area contributed by atoms with Crippen molar-refractivity contribution in [3.63, 3.8) is 0 Å². The van der Waals surface area contributed by atoms with Crippen LogP contribution in [0.25, 0.3) is 0 Å². The maximum Gasteiger partial charge on any atom is 0.416 e. The molecular formula is C16H18F3NO3. The standard InChI is InChI=1S/C16H18F3NO3/c1-3-10-9-20(14(21)13(10)15(22)23-4-2)12-7-5-11(6-8-12)16(17,18)19/h5-8,10,13H,3-4,9H2,1-2H3. The number of halogens is 3. The highest BCUT2D eigenvalue weighted by molar-refractivity contribution is 6.08. The SMILES string of the molecule is CCOC(=O)C1C(=O)N(c2ccc(C(F)(F)F)cc2)CC1CC. The number of carbonyl (C=O) groups is 2. The van der Waals surface area contributed by atoms with Crippen molar-refractivity contribution in [2.45, 2.75) is 26.4 Å². The first kappa shape index (κ1) is 17.3. The summed E-state index contributed by atoms with van der Waals surface area (Å²) in [6.07, 6.45) is -3.82. The molecule has 1 saturated heterocycles. The Kier molecular flexibility index (Phi) is 4.97. The van der Waals surface area contributed by atoms with Gasteiger partial charge in [-0.2, -0.15) is 13.2 Å². The Morgan fingerprint density at radius 1 is 1.26 bits per heavy atom. The maximum absolute atomic E-state index is 12.6. The molecule has 0 saturated carbocycles. The second-order valence-corrected chi connectivity index (χ2v) is 5.39. The third-order valence-corrected chi connectivity index (χ3v) is 3.99. The zero-order valence-corrected chi connectivity index (χ0v) is 12.9. The molecule has 0 aliphatic carbocycles. The lowest BCUT2D eigenvalue weighted by atomic mass is 9.93. The number of nitrogens with zero attached hydrogens (tertiary/aromatic N) is 1. The molecular weight excluding hydrogens is 311 g/mol. The van der Waals surface area contributed by atoms with E-state index in [1.54, 1.807) is 6.92 Å². The van der Waals surface area contributed by atoms with Gasteiger partial charge in [-0.05, 0) is 37.1 Å². The number of benzene rings is 1. The first-order chi connectivity index (χ1) is 10.8. The first-order valence-corrected chi connectivity index (χ1v) is 7.44. The van der Waals surface area contributed by atoms with E-state index < -0.39 is 29.5 Å². The summed E-state index contributed by atoms with van der Waals surface area (Å²) in [6.45, 7) is 4.00. The Bertz CT molecular complexity index is 583. The van der Waals surface area contributed by atoms with Crippen LogP contribution in [0.1, 0.15) is 25.8 Å². The predicted octanol–water partition coefficient (Wildman–Crippen LogP) is 3.26. The lowest BCUT2D eigenvalue weighted by molar-refractivity contribution is -0.152. The Hall–Kier alpha value is -2.05. The van der Waals surface area contributed by atoms with Gasteiger partial charge in [0, 0.05) is 12.2 Å². The maximum atomic E-state index is 12.6. The van der Waals surface area contributed by atoms with Gasteiger partial charge in [-0.15, -0.1) is 0 Å². The smallest absolute Gasteiger partial charge is 0.416 e. The Morgan fingerprint density at radius 2 is 1.87 bits per heavy atom. The minimum Gasteiger partial charge on any atom is -0.465 e. The van der Waals surface area contributed by atoms with Crippen LogP contribution in [-0.4, -0.2) is 25.0 Å². The van der Waals surface area contributed by atoms with E-state index in [-0.39, 0.29) is 12.5 Å². The molecule has 0 aromatic heterocycles. The van der Waals surface area contributed by atoms with Gasteiger partial charge in [0.2, 0.25) is 5.91 Å². The highest BCUT2D eigenvalue weighted by atomic mass is 19.4. The number of rotatable bonds is 4. The summed E-state index contributed by atoms with van der Waals surface area (Å²) in [4.78, 5) is 25.8. The fourth-order valence-electron chi connectivity index (χ4n) is 2.75. The number of anilines is 1. The Balaban J connectivity index is 2.24. The number of hydrogen-bond acceptors (Lipinski definition) is 3. The van der Waals surface area contributed by atoms with E-state index in [1.165, 1.54) is 17.0 Å². The summed E-state index contributed by atoms with van der Waals surface area (Å²) in [5, 5.41) is 0.